The standard InChI is InChI=1S/C25H38N4O4/c1-6-8-10-14-28(22-23(26)29(13-9-7-2)25(32)27-24(22)31)21(30)16-33-20-15-18(5)11-12-19(20)17(3)4/h11-12,15,17H,6-10,13-14,16,26H2,1-5H3,(H,27,31,32). The molecule has 182 valence electrons. The Morgan fingerprint density at radius 3 is 2.48 bits per heavy atom. The van der Waals surface area contributed by atoms with E-state index in [0.717, 1.165) is 36.8 Å². The SMILES string of the molecule is CCCCCN(C(=O)COc1cc(C)ccc1C(C)C)c1c(N)n(CCCC)c(=O)[nH]c1=O. The number of nitrogens with one attached hydrogen (secondary N) is 1. The molecule has 0 saturated carbocycles. The molecule has 0 atom stereocenters. The Morgan fingerprint density at radius 2 is 1.85 bits per heavy atom. The molecule has 1 aromatic heterocycles. The Hall–Kier alpha value is -3.03. The van der Waals surface area contributed by atoms with Crippen LogP contribution in [0, 0.1) is 6.92 Å². The lowest BCUT2D eigenvalue weighted by Gasteiger charge is -2.25. The molecule has 0 unspecified atom stereocenters. The van der Waals surface area contributed by atoms with Gasteiger partial charge in [0.05, 0.1) is 0 Å². The summed E-state index contributed by atoms with van der Waals surface area (Å²) in [4.78, 5) is 42.1. The van der Waals surface area contributed by atoms with Gasteiger partial charge in [-0.05, 0) is 42.9 Å². The third kappa shape index (κ3) is 6.73. The van der Waals surface area contributed by atoms with Gasteiger partial charge in [-0.25, -0.2) is 4.79 Å². The number of nitrogens with zero attached hydrogens (tertiary/aromatic N) is 2. The molecule has 1 heterocycles. The first-order valence-electron chi connectivity index (χ1n) is 11.9. The number of unbranched alkanes of at least 4 members (excludes halogenated alkanes) is 3. The number of hydrogen-bond donors (Lipinski definition) is 2. The summed E-state index contributed by atoms with van der Waals surface area (Å²) in [7, 11) is 0. The first-order chi connectivity index (χ1) is 15.7. The largest absolute Gasteiger partial charge is 0.483 e. The summed E-state index contributed by atoms with van der Waals surface area (Å²) in [6.45, 7) is 10.6. The quantitative estimate of drug-likeness (QED) is 0.468. The lowest BCUT2D eigenvalue weighted by Crippen LogP contribution is -2.43. The van der Waals surface area contributed by atoms with Crippen LogP contribution in [0.3, 0.4) is 0 Å². The summed E-state index contributed by atoms with van der Waals surface area (Å²) < 4.78 is 7.27. The number of aromatic nitrogens is 2. The van der Waals surface area contributed by atoms with E-state index >= 15 is 0 Å². The van der Waals surface area contributed by atoms with Gasteiger partial charge in [-0.1, -0.05) is 59.1 Å². The number of nitrogens with two attached hydrogens (primary N) is 1. The fraction of sp³-hybridized carbons (Fsp3) is 0.560. The number of anilines is 2. The van der Waals surface area contributed by atoms with E-state index in [1.54, 1.807) is 0 Å². The molecule has 0 spiro atoms. The molecule has 0 saturated heterocycles. The van der Waals surface area contributed by atoms with E-state index in [-0.39, 0.29) is 29.9 Å². The van der Waals surface area contributed by atoms with Gasteiger partial charge in [0.1, 0.15) is 11.6 Å². The van der Waals surface area contributed by atoms with Gasteiger partial charge in [-0.15, -0.1) is 0 Å². The first-order valence-corrected chi connectivity index (χ1v) is 11.9. The molecule has 0 fully saturated rings. The molecule has 2 rings (SSSR count). The summed E-state index contributed by atoms with van der Waals surface area (Å²) in [5.41, 5.74) is 7.11. The predicted octanol–water partition coefficient (Wildman–Crippen LogP) is 3.95. The van der Waals surface area contributed by atoms with Crippen molar-refractivity contribution < 1.29 is 9.53 Å². The van der Waals surface area contributed by atoms with Crippen LogP contribution in [0.5, 0.6) is 5.75 Å². The Kier molecular flexibility index (Phi) is 9.75. The second-order valence-corrected chi connectivity index (χ2v) is 8.74. The number of benzene rings is 1. The van der Waals surface area contributed by atoms with Crippen LogP contribution < -0.4 is 26.6 Å². The van der Waals surface area contributed by atoms with E-state index in [2.05, 4.69) is 25.8 Å². The van der Waals surface area contributed by atoms with Gasteiger partial charge < -0.3 is 15.4 Å². The highest BCUT2D eigenvalue weighted by atomic mass is 16.5. The molecule has 1 aromatic carbocycles. The number of rotatable bonds is 12. The van der Waals surface area contributed by atoms with E-state index in [1.807, 2.05) is 32.0 Å². The Bertz CT molecular complexity index is 1060. The summed E-state index contributed by atoms with van der Waals surface area (Å²) in [6, 6.07) is 5.93. The summed E-state index contributed by atoms with van der Waals surface area (Å²) in [5.74, 6) is 0.527. The molecule has 2 aromatic rings. The molecule has 8 heteroatoms. The van der Waals surface area contributed by atoms with Crippen molar-refractivity contribution in [2.24, 2.45) is 0 Å². The Labute approximate surface area is 195 Å². The number of hydrogen-bond acceptors (Lipinski definition) is 5. The second-order valence-electron chi connectivity index (χ2n) is 8.74. The van der Waals surface area contributed by atoms with E-state index in [0.29, 0.717) is 25.3 Å². The first kappa shape index (κ1) is 26.2. The third-order valence-corrected chi connectivity index (χ3v) is 5.65. The second kappa shape index (κ2) is 12.3. The van der Waals surface area contributed by atoms with Crippen LogP contribution in [-0.4, -0.2) is 28.6 Å². The average Bonchev–Trinajstić information content (AvgIpc) is 2.76. The zero-order valence-corrected chi connectivity index (χ0v) is 20.6. The lowest BCUT2D eigenvalue weighted by molar-refractivity contribution is -0.120. The monoisotopic (exact) mass is 458 g/mol. The van der Waals surface area contributed by atoms with Crippen molar-refractivity contribution in [1.82, 2.24) is 9.55 Å². The summed E-state index contributed by atoms with van der Waals surface area (Å²) >= 11 is 0. The van der Waals surface area contributed by atoms with Crippen molar-refractivity contribution in [2.45, 2.75) is 79.2 Å². The molecular weight excluding hydrogens is 420 g/mol. The number of H-pyrrole nitrogens is 1. The normalized spacial score (nSPS) is 11.1. The highest BCUT2D eigenvalue weighted by molar-refractivity contribution is 5.96. The van der Waals surface area contributed by atoms with Crippen LogP contribution in [0.2, 0.25) is 0 Å². The van der Waals surface area contributed by atoms with E-state index in [9.17, 15) is 14.4 Å². The molecule has 0 radical (unpaired) electrons. The fourth-order valence-electron chi connectivity index (χ4n) is 3.72. The Balaban J connectivity index is 2.39. The number of carbonyl (C=O) groups excluding carboxylic acids is 1. The van der Waals surface area contributed by atoms with Gasteiger partial charge in [0.15, 0.2) is 12.3 Å². The molecule has 8 nitrogen and oxygen atoms in total. The van der Waals surface area contributed by atoms with Gasteiger partial charge in [-0.2, -0.15) is 0 Å². The maximum atomic E-state index is 13.3. The predicted molar refractivity (Wildman–Crippen MR) is 133 cm³/mol. The van der Waals surface area contributed by atoms with Gasteiger partial charge in [0.2, 0.25) is 0 Å². The molecule has 1 amide bonds. The van der Waals surface area contributed by atoms with Crippen molar-refractivity contribution in [2.75, 3.05) is 23.8 Å². The van der Waals surface area contributed by atoms with Crippen LogP contribution in [0.15, 0.2) is 27.8 Å². The third-order valence-electron chi connectivity index (χ3n) is 5.65. The number of ether oxygens (including phenoxy) is 1. The molecule has 33 heavy (non-hydrogen) atoms. The fourth-order valence-corrected chi connectivity index (χ4v) is 3.72. The minimum atomic E-state index is -0.659. The van der Waals surface area contributed by atoms with Crippen LogP contribution in [0.1, 0.15) is 76.8 Å². The molecular formula is C25H38N4O4. The average molecular weight is 459 g/mol. The molecule has 0 aliphatic rings. The van der Waals surface area contributed by atoms with Crippen molar-refractivity contribution in [3.63, 3.8) is 0 Å². The zero-order valence-electron chi connectivity index (χ0n) is 20.6. The topological polar surface area (TPSA) is 110 Å². The number of amides is 1. The molecule has 0 aliphatic heterocycles. The molecule has 0 aliphatic carbocycles. The number of aryl methyl sites for hydroxylation is 1. The van der Waals surface area contributed by atoms with E-state index in [1.165, 1.54) is 9.47 Å². The van der Waals surface area contributed by atoms with Crippen molar-refractivity contribution >= 4 is 17.4 Å². The molecule has 3 N–H and O–H groups in total. The van der Waals surface area contributed by atoms with Gasteiger partial charge >= 0.3 is 5.69 Å². The van der Waals surface area contributed by atoms with E-state index in [4.69, 9.17) is 10.5 Å². The highest BCUT2D eigenvalue weighted by Crippen LogP contribution is 2.28. The van der Waals surface area contributed by atoms with Crippen molar-refractivity contribution in [3.8, 4) is 5.75 Å². The van der Waals surface area contributed by atoms with Crippen LogP contribution in [-0.2, 0) is 11.3 Å². The minimum Gasteiger partial charge on any atom is -0.483 e. The molecule has 0 bridgehead atoms. The van der Waals surface area contributed by atoms with E-state index < -0.39 is 11.2 Å². The van der Waals surface area contributed by atoms with Gasteiger partial charge in [0.25, 0.3) is 11.5 Å². The van der Waals surface area contributed by atoms with Crippen LogP contribution >= 0.6 is 0 Å². The van der Waals surface area contributed by atoms with Crippen molar-refractivity contribution in [1.29, 1.82) is 0 Å². The lowest BCUT2D eigenvalue weighted by atomic mass is 10.0. The maximum absolute atomic E-state index is 13.3. The van der Waals surface area contributed by atoms with Crippen LogP contribution in [0.25, 0.3) is 0 Å². The number of carbonyl (C=O) groups is 1. The number of nitrogen functional groups attached to an aromatic ring is 1. The zero-order chi connectivity index (χ0) is 24.5. The van der Waals surface area contributed by atoms with Crippen molar-refractivity contribution in [3.05, 3.63) is 50.2 Å². The highest BCUT2D eigenvalue weighted by Gasteiger charge is 2.24. The van der Waals surface area contributed by atoms with Crippen LogP contribution in [0.4, 0.5) is 11.5 Å². The smallest absolute Gasteiger partial charge is 0.330 e. The summed E-state index contributed by atoms with van der Waals surface area (Å²) in [5, 5.41) is 0. The summed E-state index contributed by atoms with van der Waals surface area (Å²) in [6.07, 6.45) is 4.15. The van der Waals surface area contributed by atoms with Gasteiger partial charge in [0, 0.05) is 13.1 Å². The Morgan fingerprint density at radius 1 is 1.15 bits per heavy atom. The maximum Gasteiger partial charge on any atom is 0.330 e. The van der Waals surface area contributed by atoms with Gasteiger partial charge in [-0.3, -0.25) is 19.1 Å². The number of aromatic amines is 1. The minimum absolute atomic E-state index is 0.0143.